The molecule has 0 aliphatic rings. The van der Waals surface area contributed by atoms with Gasteiger partial charge in [-0.1, -0.05) is 13.3 Å². The second-order valence-electron chi connectivity index (χ2n) is 5.45. The lowest BCUT2D eigenvalue weighted by atomic mass is 9.94. The Bertz CT molecular complexity index is 466. The molecule has 0 heterocycles. The highest BCUT2D eigenvalue weighted by molar-refractivity contribution is 5.09. The average molecular weight is 432 g/mol. The van der Waals surface area contributed by atoms with E-state index < -0.39 is 48.9 Å². The second kappa shape index (κ2) is 8.62. The first kappa shape index (κ1) is 26.1. The van der Waals surface area contributed by atoms with Crippen molar-refractivity contribution in [3.63, 3.8) is 0 Å². The Morgan fingerprint density at radius 2 is 1.22 bits per heavy atom. The molecule has 0 saturated carbocycles. The monoisotopic (exact) mass is 432 g/mol. The van der Waals surface area contributed by atoms with Crippen LogP contribution in [0.5, 0.6) is 0 Å². The lowest BCUT2D eigenvalue weighted by Gasteiger charge is -2.39. The van der Waals surface area contributed by atoms with E-state index in [0.29, 0.717) is 12.8 Å². The summed E-state index contributed by atoms with van der Waals surface area (Å²) in [4.78, 5) is 0. The fourth-order valence-corrected chi connectivity index (χ4v) is 1.53. The van der Waals surface area contributed by atoms with E-state index in [1.54, 1.807) is 6.92 Å². The van der Waals surface area contributed by atoms with E-state index in [4.69, 9.17) is 0 Å². The highest BCUT2D eigenvalue weighted by atomic mass is 19.4. The molecule has 0 N–H and O–H groups in total. The third-order valence-electron chi connectivity index (χ3n) is 3.29. The van der Waals surface area contributed by atoms with Gasteiger partial charge in [0, 0.05) is 6.61 Å². The van der Waals surface area contributed by atoms with Crippen molar-refractivity contribution in [2.45, 2.75) is 69.0 Å². The largest absolute Gasteiger partial charge is 0.384 e. The summed E-state index contributed by atoms with van der Waals surface area (Å²) in [6, 6.07) is 0. The number of hydrogen-bond donors (Lipinski definition) is 0. The minimum atomic E-state index is -7.54. The van der Waals surface area contributed by atoms with Crippen LogP contribution in [0.3, 0.4) is 0 Å². The van der Waals surface area contributed by atoms with Crippen LogP contribution in [-0.4, -0.2) is 55.5 Å². The molecule has 27 heavy (non-hydrogen) atoms. The molecule has 0 aliphatic heterocycles. The van der Waals surface area contributed by atoms with Crippen molar-refractivity contribution in [1.82, 2.24) is 0 Å². The molecule has 0 bridgehead atoms. The molecule has 14 heteroatoms. The summed E-state index contributed by atoms with van der Waals surface area (Å²) >= 11 is 0. The lowest BCUT2D eigenvalue weighted by molar-refractivity contribution is -0.417. The van der Waals surface area contributed by atoms with Crippen LogP contribution in [0.15, 0.2) is 0 Å². The van der Waals surface area contributed by atoms with Crippen LogP contribution in [0.1, 0.15) is 26.7 Å². The van der Waals surface area contributed by atoms with Crippen molar-refractivity contribution < 1.29 is 62.2 Å². The molecule has 0 aromatic heterocycles. The van der Waals surface area contributed by atoms with Crippen LogP contribution >= 0.6 is 0 Å². The van der Waals surface area contributed by atoms with Crippen LogP contribution in [0, 0.1) is 0 Å². The molecule has 0 spiro atoms. The van der Waals surface area contributed by atoms with Gasteiger partial charge < -0.3 is 9.47 Å². The van der Waals surface area contributed by atoms with E-state index in [9.17, 15) is 52.7 Å². The zero-order chi connectivity index (χ0) is 21.9. The van der Waals surface area contributed by atoms with E-state index in [1.807, 2.05) is 0 Å². The highest BCUT2D eigenvalue weighted by Crippen LogP contribution is 2.58. The van der Waals surface area contributed by atoms with Gasteiger partial charge in [0.05, 0.1) is 0 Å². The minimum absolute atomic E-state index is 0.103. The third kappa shape index (κ3) is 4.93. The topological polar surface area (TPSA) is 18.5 Å². The minimum Gasteiger partial charge on any atom is -0.353 e. The van der Waals surface area contributed by atoms with Gasteiger partial charge in [-0.15, -0.1) is 0 Å². The number of rotatable bonds is 12. The molecule has 0 aliphatic carbocycles. The summed E-state index contributed by atoms with van der Waals surface area (Å²) in [5.41, 5.74) is 0. The molecular weight excluding hydrogens is 416 g/mol. The molecule has 0 radical (unpaired) electrons. The normalized spacial score (nSPS) is 16.1. The van der Waals surface area contributed by atoms with Crippen LogP contribution in [0.4, 0.5) is 52.7 Å². The summed E-state index contributed by atoms with van der Waals surface area (Å²) in [6.07, 6.45) is -6.23. The first-order valence-electron chi connectivity index (χ1n) is 7.30. The maximum absolute atomic E-state index is 13.4. The van der Waals surface area contributed by atoms with E-state index in [-0.39, 0.29) is 6.61 Å². The molecule has 2 nitrogen and oxygen atoms in total. The summed E-state index contributed by atoms with van der Waals surface area (Å²) in [5, 5.41) is 0. The van der Waals surface area contributed by atoms with E-state index in [2.05, 4.69) is 9.47 Å². The summed E-state index contributed by atoms with van der Waals surface area (Å²) in [7, 11) is 0. The predicted molar refractivity (Wildman–Crippen MR) is 67.0 cm³/mol. The van der Waals surface area contributed by atoms with Gasteiger partial charge in [0.2, 0.25) is 0 Å². The molecule has 0 aromatic carbocycles. The van der Waals surface area contributed by atoms with Crippen molar-refractivity contribution in [3.8, 4) is 0 Å². The van der Waals surface area contributed by atoms with Gasteiger partial charge in [-0.3, -0.25) is 0 Å². The Labute approximate surface area is 145 Å². The Morgan fingerprint density at radius 1 is 0.741 bits per heavy atom. The Kier molecular flexibility index (Phi) is 8.32. The molecule has 1 atom stereocenters. The maximum Gasteiger partial charge on any atom is 0.384 e. The van der Waals surface area contributed by atoms with Crippen molar-refractivity contribution in [2.75, 3.05) is 13.2 Å². The predicted octanol–water partition coefficient (Wildman–Crippen LogP) is 5.61. The molecular formula is C13H16F12O2. The van der Waals surface area contributed by atoms with E-state index in [1.165, 1.54) is 0 Å². The molecule has 0 saturated heterocycles. The van der Waals surface area contributed by atoms with Crippen molar-refractivity contribution in [2.24, 2.45) is 0 Å². The zero-order valence-corrected chi connectivity index (χ0v) is 13.8. The van der Waals surface area contributed by atoms with Gasteiger partial charge >= 0.3 is 36.0 Å². The fourth-order valence-electron chi connectivity index (χ4n) is 1.53. The molecule has 0 rings (SSSR count). The van der Waals surface area contributed by atoms with Crippen molar-refractivity contribution >= 4 is 0 Å². The van der Waals surface area contributed by atoms with Gasteiger partial charge in [0.1, 0.15) is 6.61 Å². The van der Waals surface area contributed by atoms with Gasteiger partial charge in [-0.2, -0.15) is 43.9 Å². The van der Waals surface area contributed by atoms with Crippen LogP contribution in [0.2, 0.25) is 0 Å². The van der Waals surface area contributed by atoms with Gasteiger partial charge in [0.15, 0.2) is 6.29 Å². The Balaban J connectivity index is 5.48. The van der Waals surface area contributed by atoms with Gasteiger partial charge in [-0.25, -0.2) is 8.78 Å². The lowest BCUT2D eigenvalue weighted by Crippen LogP contribution is -2.69. The summed E-state index contributed by atoms with van der Waals surface area (Å²) < 4.78 is 164. The number of hydrogen-bond acceptors (Lipinski definition) is 2. The molecule has 0 amide bonds. The third-order valence-corrected chi connectivity index (χ3v) is 3.29. The molecule has 164 valence electrons. The van der Waals surface area contributed by atoms with Crippen LogP contribution in [-0.2, 0) is 9.47 Å². The number of halogens is 12. The Morgan fingerprint density at radius 3 is 1.63 bits per heavy atom. The standard InChI is InChI=1S/C13H16F12O2/c1-3-4-5-26-7(2)27-6-9(16,17)11(20,21)13(24,25)12(22,23)10(18,19)8(14)15/h7-8H,3-6H2,1-2H3. The number of unbranched alkanes of at least 4 members (excludes halogenated alkanes) is 1. The SMILES string of the molecule is CCCCOC(C)OCC(F)(F)C(F)(F)C(F)(F)C(F)(F)C(F)(F)C(F)F. The number of alkyl halides is 12. The van der Waals surface area contributed by atoms with Crippen molar-refractivity contribution in [1.29, 1.82) is 0 Å². The average Bonchev–Trinajstić information content (AvgIpc) is 2.52. The fraction of sp³-hybridized carbons (Fsp3) is 1.00. The first-order chi connectivity index (χ1) is 11.9. The maximum atomic E-state index is 13.4. The molecule has 1 unspecified atom stereocenters. The van der Waals surface area contributed by atoms with Gasteiger partial charge in [-0.05, 0) is 13.3 Å². The smallest absolute Gasteiger partial charge is 0.353 e. The molecule has 0 fully saturated rings. The summed E-state index contributed by atoms with van der Waals surface area (Å²) in [5.74, 6) is -35.3. The Hall–Kier alpha value is -0.920. The highest BCUT2D eigenvalue weighted by Gasteiger charge is 2.87. The van der Waals surface area contributed by atoms with E-state index >= 15 is 0 Å². The van der Waals surface area contributed by atoms with Crippen LogP contribution < -0.4 is 0 Å². The van der Waals surface area contributed by atoms with Crippen LogP contribution in [0.25, 0.3) is 0 Å². The number of ether oxygens (including phenoxy) is 2. The van der Waals surface area contributed by atoms with Gasteiger partial charge in [0.25, 0.3) is 0 Å². The van der Waals surface area contributed by atoms with E-state index in [0.717, 1.165) is 6.92 Å². The molecule has 0 aromatic rings. The second-order valence-corrected chi connectivity index (χ2v) is 5.45. The quantitative estimate of drug-likeness (QED) is 0.227. The van der Waals surface area contributed by atoms with Crippen molar-refractivity contribution in [3.05, 3.63) is 0 Å². The zero-order valence-electron chi connectivity index (χ0n) is 13.8. The summed E-state index contributed by atoms with van der Waals surface area (Å²) in [6.45, 7) is -0.143. The first-order valence-corrected chi connectivity index (χ1v) is 7.30.